The average Bonchev–Trinajstić information content (AvgIpc) is 2.54. The number of hydrogen-bond acceptors (Lipinski definition) is 4. The first-order valence-corrected chi connectivity index (χ1v) is 5.29. The minimum atomic E-state index is -0.270. The second-order valence-electron chi connectivity index (χ2n) is 3.01. The van der Waals surface area contributed by atoms with Gasteiger partial charge in [-0.15, -0.1) is 0 Å². The normalized spacial score (nSPS) is 39.2. The summed E-state index contributed by atoms with van der Waals surface area (Å²) >= 11 is 0. The van der Waals surface area contributed by atoms with Crippen LogP contribution in [0.3, 0.4) is 0 Å². The van der Waals surface area contributed by atoms with Crippen LogP contribution in [0.1, 0.15) is 6.42 Å². The Balaban J connectivity index is 2.76. The van der Waals surface area contributed by atoms with Crippen LogP contribution in [0.4, 0.5) is 0 Å². The molecule has 0 saturated heterocycles. The standard InChI is InChI=1S/C5H10B2O4P2/c6-10-4-3(11-12)1-2(7-8)5(4)13-9/h2-5H,1,6,12H2/t2-,3+,4+,5-/m0/s1. The molecule has 70 valence electrons. The first kappa shape index (κ1) is 11.5. The van der Waals surface area contributed by atoms with Crippen LogP contribution < -0.4 is 0 Å². The predicted molar refractivity (Wildman–Crippen MR) is 54.2 cm³/mol. The molecular formula is C5H10B2O4P2. The van der Waals surface area contributed by atoms with E-state index in [4.69, 9.17) is 9.18 Å². The van der Waals surface area contributed by atoms with E-state index in [0.29, 0.717) is 6.42 Å². The summed E-state index contributed by atoms with van der Waals surface area (Å²) in [6.07, 6.45) is 0.161. The third-order valence-electron chi connectivity index (χ3n) is 2.39. The first-order valence-electron chi connectivity index (χ1n) is 3.94. The van der Waals surface area contributed by atoms with Crippen molar-refractivity contribution in [3.05, 3.63) is 0 Å². The number of hydrogen-bond donors (Lipinski definition) is 0. The summed E-state index contributed by atoms with van der Waals surface area (Å²) in [6, 6.07) is 0. The van der Waals surface area contributed by atoms with Crippen molar-refractivity contribution in [1.29, 1.82) is 0 Å². The van der Waals surface area contributed by atoms with Crippen molar-refractivity contribution in [2.75, 3.05) is 0 Å². The van der Waals surface area contributed by atoms with Crippen molar-refractivity contribution in [2.24, 2.45) is 0 Å². The van der Waals surface area contributed by atoms with Gasteiger partial charge in [0.2, 0.25) is 0 Å². The monoisotopic (exact) mass is 218 g/mol. The molecule has 5 atom stereocenters. The average molecular weight is 218 g/mol. The Morgan fingerprint density at radius 2 is 2.31 bits per heavy atom. The van der Waals surface area contributed by atoms with E-state index >= 15 is 0 Å². The molecular weight excluding hydrogens is 208 g/mol. The van der Waals surface area contributed by atoms with Gasteiger partial charge in [0.05, 0.1) is 0 Å². The fourth-order valence-electron chi connectivity index (χ4n) is 1.70. The van der Waals surface area contributed by atoms with Crippen LogP contribution in [0.25, 0.3) is 0 Å². The molecule has 4 nitrogen and oxygen atoms in total. The van der Waals surface area contributed by atoms with Gasteiger partial charge in [0.1, 0.15) is 0 Å². The van der Waals surface area contributed by atoms with Gasteiger partial charge in [0.15, 0.2) is 0 Å². The summed E-state index contributed by atoms with van der Waals surface area (Å²) in [6.45, 7) is 0. The van der Waals surface area contributed by atoms with Gasteiger partial charge in [-0.3, -0.25) is 0 Å². The van der Waals surface area contributed by atoms with Crippen LogP contribution in [0.2, 0.25) is 5.82 Å². The van der Waals surface area contributed by atoms with Gasteiger partial charge in [-0.25, -0.2) is 0 Å². The number of rotatable bonds is 4. The van der Waals surface area contributed by atoms with Crippen molar-refractivity contribution >= 4 is 33.1 Å². The minimum absolute atomic E-state index is 0.0497. The van der Waals surface area contributed by atoms with E-state index in [1.807, 2.05) is 0 Å². The maximum atomic E-state index is 10.8. The summed E-state index contributed by atoms with van der Waals surface area (Å²) in [5, 5.41) is 0. The van der Waals surface area contributed by atoms with Gasteiger partial charge in [0, 0.05) is 0 Å². The van der Waals surface area contributed by atoms with Gasteiger partial charge in [-0.2, -0.15) is 0 Å². The summed E-state index contributed by atoms with van der Waals surface area (Å²) < 4.78 is 31.7. The molecule has 1 saturated carbocycles. The van der Waals surface area contributed by atoms with E-state index in [1.54, 1.807) is 0 Å². The second-order valence-corrected chi connectivity index (χ2v) is 4.09. The molecule has 8 heteroatoms. The molecule has 1 aliphatic rings. The fourth-order valence-corrected chi connectivity index (χ4v) is 2.75. The molecule has 1 fully saturated rings. The molecule has 0 amide bonds. The van der Waals surface area contributed by atoms with E-state index < -0.39 is 0 Å². The van der Waals surface area contributed by atoms with Crippen molar-refractivity contribution in [3.8, 4) is 0 Å². The van der Waals surface area contributed by atoms with E-state index in [9.17, 15) is 9.27 Å². The molecule has 1 unspecified atom stereocenters. The van der Waals surface area contributed by atoms with Crippen LogP contribution >= 0.6 is 17.9 Å². The third-order valence-corrected chi connectivity index (χ3v) is 3.66. The summed E-state index contributed by atoms with van der Waals surface area (Å²) in [4.78, 5) is 0. The molecule has 0 aliphatic heterocycles. The molecule has 0 heterocycles. The van der Waals surface area contributed by atoms with Crippen LogP contribution in [0.15, 0.2) is 0 Å². The summed E-state index contributed by atoms with van der Waals surface area (Å²) in [5.74, 6) is -0.227. The van der Waals surface area contributed by atoms with Crippen LogP contribution in [-0.4, -0.2) is 33.1 Å². The van der Waals surface area contributed by atoms with E-state index in [1.165, 1.54) is 8.05 Å². The Morgan fingerprint density at radius 3 is 2.69 bits per heavy atom. The first-order chi connectivity index (χ1) is 6.28. The third kappa shape index (κ3) is 2.24. The Bertz CT molecular complexity index is 205. The Labute approximate surface area is 82.3 Å². The molecule has 1 aliphatic carbocycles. The molecule has 13 heavy (non-hydrogen) atoms. The zero-order valence-electron chi connectivity index (χ0n) is 7.25. The van der Waals surface area contributed by atoms with E-state index in [0.717, 1.165) is 7.15 Å². The van der Waals surface area contributed by atoms with Gasteiger partial charge in [0.25, 0.3) is 0 Å². The molecule has 0 aromatic heterocycles. The Hall–Kier alpha value is 0.380. The zero-order chi connectivity index (χ0) is 9.84. The quantitative estimate of drug-likeness (QED) is 0.491. The molecule has 0 bridgehead atoms. The van der Waals surface area contributed by atoms with Gasteiger partial charge in [-0.05, 0) is 0 Å². The van der Waals surface area contributed by atoms with Gasteiger partial charge in [-0.1, -0.05) is 0 Å². The second kappa shape index (κ2) is 5.31. The molecule has 1 rings (SSSR count). The van der Waals surface area contributed by atoms with E-state index in [2.05, 4.69) is 9.47 Å². The van der Waals surface area contributed by atoms with Gasteiger partial charge >= 0.3 is 81.7 Å². The van der Waals surface area contributed by atoms with Crippen molar-refractivity contribution < 1.29 is 18.4 Å². The van der Waals surface area contributed by atoms with Crippen molar-refractivity contribution in [3.63, 3.8) is 0 Å². The fraction of sp³-hybridized carbons (Fsp3) is 1.00. The van der Waals surface area contributed by atoms with Crippen molar-refractivity contribution in [2.45, 2.75) is 30.1 Å². The Morgan fingerprint density at radius 1 is 1.62 bits per heavy atom. The summed E-state index contributed by atoms with van der Waals surface area (Å²) in [5.41, 5.74) is -0.270. The van der Waals surface area contributed by atoms with Crippen LogP contribution in [0, 0.1) is 0 Å². The summed E-state index contributed by atoms with van der Waals surface area (Å²) in [7, 11) is 4.46. The van der Waals surface area contributed by atoms with Crippen molar-refractivity contribution in [1.82, 2.24) is 0 Å². The molecule has 0 aromatic rings. The maximum absolute atomic E-state index is 10.8. The van der Waals surface area contributed by atoms with Gasteiger partial charge < -0.3 is 0 Å². The Kier molecular flexibility index (Phi) is 4.68. The molecule has 0 radical (unpaired) electrons. The SMILES string of the molecule is BO[C@H]1[C@@H](P=O)[C@@H](B=O)C[C@H]1OP. The predicted octanol–water partition coefficient (Wildman–Crippen LogP) is -0.00280. The van der Waals surface area contributed by atoms with Crippen LogP contribution in [-0.2, 0) is 18.4 Å². The molecule has 0 N–H and O–H groups in total. The topological polar surface area (TPSA) is 52.6 Å². The van der Waals surface area contributed by atoms with E-state index in [-0.39, 0.29) is 32.1 Å². The molecule has 0 aromatic carbocycles. The molecule has 0 spiro atoms. The van der Waals surface area contributed by atoms with Crippen LogP contribution in [0.5, 0.6) is 0 Å². The zero-order valence-corrected chi connectivity index (χ0v) is 9.30.